The average molecular weight is 269 g/mol. The van der Waals surface area contributed by atoms with Crippen molar-refractivity contribution in [2.75, 3.05) is 14.2 Å². The summed E-state index contributed by atoms with van der Waals surface area (Å²) in [6.07, 6.45) is 0. The maximum Gasteiger partial charge on any atom is 0.323 e. The van der Waals surface area contributed by atoms with E-state index in [0.717, 1.165) is 5.56 Å². The zero-order valence-electron chi connectivity index (χ0n) is 11.7. The van der Waals surface area contributed by atoms with Crippen LogP contribution in [0.4, 0.5) is 4.39 Å². The SMILES string of the molecule is COC(=O)C(NCc1ccc(OC)c(F)c1)C(C)C. The Kier molecular flexibility index (Phi) is 5.76. The summed E-state index contributed by atoms with van der Waals surface area (Å²) in [5.74, 6) is -0.433. The van der Waals surface area contributed by atoms with Gasteiger partial charge in [-0.15, -0.1) is 0 Å². The van der Waals surface area contributed by atoms with Gasteiger partial charge in [0, 0.05) is 6.54 Å². The first-order valence-corrected chi connectivity index (χ1v) is 6.13. The number of methoxy groups -OCH3 is 2. The molecule has 19 heavy (non-hydrogen) atoms. The molecule has 0 saturated heterocycles. The van der Waals surface area contributed by atoms with Gasteiger partial charge in [-0.2, -0.15) is 0 Å². The molecule has 0 aliphatic carbocycles. The van der Waals surface area contributed by atoms with Crippen LogP contribution in [0.15, 0.2) is 18.2 Å². The van der Waals surface area contributed by atoms with Crippen molar-refractivity contribution < 1.29 is 18.7 Å². The molecule has 0 aromatic heterocycles. The van der Waals surface area contributed by atoms with Crippen molar-refractivity contribution >= 4 is 5.97 Å². The van der Waals surface area contributed by atoms with E-state index in [2.05, 4.69) is 5.32 Å². The molecule has 5 heteroatoms. The van der Waals surface area contributed by atoms with Crippen LogP contribution in [0.5, 0.6) is 5.75 Å². The molecule has 1 N–H and O–H groups in total. The maximum absolute atomic E-state index is 13.5. The highest BCUT2D eigenvalue weighted by Gasteiger charge is 2.22. The van der Waals surface area contributed by atoms with Gasteiger partial charge in [0.05, 0.1) is 14.2 Å². The first kappa shape index (κ1) is 15.4. The van der Waals surface area contributed by atoms with Crippen LogP contribution in [0.2, 0.25) is 0 Å². The van der Waals surface area contributed by atoms with Crippen LogP contribution in [0.25, 0.3) is 0 Å². The van der Waals surface area contributed by atoms with Crippen LogP contribution in [-0.2, 0) is 16.1 Å². The highest BCUT2D eigenvalue weighted by atomic mass is 19.1. The van der Waals surface area contributed by atoms with Gasteiger partial charge in [0.15, 0.2) is 11.6 Å². The monoisotopic (exact) mass is 269 g/mol. The number of esters is 1. The van der Waals surface area contributed by atoms with E-state index in [4.69, 9.17) is 9.47 Å². The Bertz CT molecular complexity index is 435. The van der Waals surface area contributed by atoms with E-state index < -0.39 is 11.9 Å². The van der Waals surface area contributed by atoms with Crippen molar-refractivity contribution in [3.8, 4) is 5.75 Å². The third-order valence-corrected chi connectivity index (χ3v) is 2.86. The molecule has 0 radical (unpaired) electrons. The van der Waals surface area contributed by atoms with E-state index in [-0.39, 0.29) is 17.6 Å². The molecule has 0 spiro atoms. The van der Waals surface area contributed by atoms with Gasteiger partial charge < -0.3 is 14.8 Å². The fourth-order valence-corrected chi connectivity index (χ4v) is 1.77. The second-order valence-electron chi connectivity index (χ2n) is 4.59. The molecule has 1 atom stereocenters. The summed E-state index contributed by atoms with van der Waals surface area (Å²) in [5.41, 5.74) is 0.743. The number of hydrogen-bond acceptors (Lipinski definition) is 4. The zero-order chi connectivity index (χ0) is 14.4. The Hall–Kier alpha value is -1.62. The second-order valence-corrected chi connectivity index (χ2v) is 4.59. The highest BCUT2D eigenvalue weighted by Crippen LogP contribution is 2.17. The van der Waals surface area contributed by atoms with Gasteiger partial charge in [-0.25, -0.2) is 4.39 Å². The minimum atomic E-state index is -0.416. The number of benzene rings is 1. The summed E-state index contributed by atoms with van der Waals surface area (Å²) >= 11 is 0. The van der Waals surface area contributed by atoms with Crippen LogP contribution >= 0.6 is 0 Å². The standard InChI is InChI=1S/C14H20FNO3/c1-9(2)13(14(17)19-4)16-8-10-5-6-12(18-3)11(15)7-10/h5-7,9,13,16H,8H2,1-4H3. The van der Waals surface area contributed by atoms with Crippen LogP contribution < -0.4 is 10.1 Å². The molecular formula is C14H20FNO3. The molecule has 1 rings (SSSR count). The summed E-state index contributed by atoms with van der Waals surface area (Å²) in [5, 5.41) is 3.07. The normalized spacial score (nSPS) is 12.3. The molecule has 0 amide bonds. The third-order valence-electron chi connectivity index (χ3n) is 2.86. The van der Waals surface area contributed by atoms with Crippen molar-refractivity contribution in [1.29, 1.82) is 0 Å². The molecule has 0 heterocycles. The zero-order valence-corrected chi connectivity index (χ0v) is 11.7. The Morgan fingerprint density at radius 3 is 2.53 bits per heavy atom. The Labute approximate surface area is 112 Å². The lowest BCUT2D eigenvalue weighted by atomic mass is 10.0. The topological polar surface area (TPSA) is 47.6 Å². The van der Waals surface area contributed by atoms with E-state index in [1.54, 1.807) is 12.1 Å². The van der Waals surface area contributed by atoms with Gasteiger partial charge in [0.1, 0.15) is 6.04 Å². The van der Waals surface area contributed by atoms with Crippen LogP contribution in [0, 0.1) is 11.7 Å². The number of rotatable bonds is 6. The summed E-state index contributed by atoms with van der Waals surface area (Å²) < 4.78 is 23.1. The summed E-state index contributed by atoms with van der Waals surface area (Å²) in [6.45, 7) is 4.23. The number of halogens is 1. The Morgan fingerprint density at radius 1 is 1.37 bits per heavy atom. The molecule has 0 fully saturated rings. The van der Waals surface area contributed by atoms with Gasteiger partial charge in [-0.05, 0) is 23.6 Å². The minimum absolute atomic E-state index is 0.0931. The summed E-state index contributed by atoms with van der Waals surface area (Å²) in [4.78, 5) is 11.6. The van der Waals surface area contributed by atoms with E-state index in [0.29, 0.717) is 6.54 Å². The number of carbonyl (C=O) groups is 1. The first-order chi connectivity index (χ1) is 8.99. The minimum Gasteiger partial charge on any atom is -0.494 e. The predicted octanol–water partition coefficient (Wildman–Crippen LogP) is 2.12. The van der Waals surface area contributed by atoms with Crippen molar-refractivity contribution in [3.63, 3.8) is 0 Å². The Morgan fingerprint density at radius 2 is 2.05 bits per heavy atom. The largest absolute Gasteiger partial charge is 0.494 e. The van der Waals surface area contributed by atoms with Gasteiger partial charge in [0.25, 0.3) is 0 Å². The molecule has 1 aromatic carbocycles. The van der Waals surface area contributed by atoms with Crippen molar-refractivity contribution in [2.45, 2.75) is 26.4 Å². The molecule has 106 valence electrons. The Balaban J connectivity index is 2.69. The molecule has 0 saturated carbocycles. The molecule has 1 unspecified atom stereocenters. The van der Waals surface area contributed by atoms with Gasteiger partial charge >= 0.3 is 5.97 Å². The quantitative estimate of drug-likeness (QED) is 0.804. The number of nitrogens with one attached hydrogen (secondary N) is 1. The summed E-state index contributed by atoms with van der Waals surface area (Å²) in [6, 6.07) is 4.30. The van der Waals surface area contributed by atoms with E-state index >= 15 is 0 Å². The van der Waals surface area contributed by atoms with Crippen molar-refractivity contribution in [2.24, 2.45) is 5.92 Å². The lowest BCUT2D eigenvalue weighted by Gasteiger charge is -2.20. The third kappa shape index (κ3) is 4.21. The molecule has 0 aliphatic rings. The van der Waals surface area contributed by atoms with Crippen LogP contribution in [0.3, 0.4) is 0 Å². The van der Waals surface area contributed by atoms with Gasteiger partial charge in [-0.3, -0.25) is 4.79 Å². The first-order valence-electron chi connectivity index (χ1n) is 6.13. The second kappa shape index (κ2) is 7.09. The van der Waals surface area contributed by atoms with E-state index in [1.165, 1.54) is 20.3 Å². The lowest BCUT2D eigenvalue weighted by molar-refractivity contribution is -0.144. The lowest BCUT2D eigenvalue weighted by Crippen LogP contribution is -2.41. The average Bonchev–Trinajstić information content (AvgIpc) is 2.38. The van der Waals surface area contributed by atoms with E-state index in [1.807, 2.05) is 13.8 Å². The van der Waals surface area contributed by atoms with Crippen molar-refractivity contribution in [1.82, 2.24) is 5.32 Å². The number of hydrogen-bond donors (Lipinski definition) is 1. The van der Waals surface area contributed by atoms with Crippen LogP contribution in [-0.4, -0.2) is 26.2 Å². The molecule has 4 nitrogen and oxygen atoms in total. The molecular weight excluding hydrogens is 249 g/mol. The molecule has 0 aliphatic heterocycles. The smallest absolute Gasteiger partial charge is 0.323 e. The summed E-state index contributed by atoms with van der Waals surface area (Å²) in [7, 11) is 2.77. The maximum atomic E-state index is 13.5. The van der Waals surface area contributed by atoms with Crippen molar-refractivity contribution in [3.05, 3.63) is 29.6 Å². The van der Waals surface area contributed by atoms with Crippen LogP contribution in [0.1, 0.15) is 19.4 Å². The number of carbonyl (C=O) groups excluding carboxylic acids is 1. The fourth-order valence-electron chi connectivity index (χ4n) is 1.77. The molecule has 0 bridgehead atoms. The highest BCUT2D eigenvalue weighted by molar-refractivity contribution is 5.75. The fraction of sp³-hybridized carbons (Fsp3) is 0.500. The van der Waals surface area contributed by atoms with Gasteiger partial charge in [0.2, 0.25) is 0 Å². The molecule has 1 aromatic rings. The number of ether oxygens (including phenoxy) is 2. The van der Waals surface area contributed by atoms with E-state index in [9.17, 15) is 9.18 Å². The predicted molar refractivity (Wildman–Crippen MR) is 70.4 cm³/mol. The van der Waals surface area contributed by atoms with Gasteiger partial charge in [-0.1, -0.05) is 19.9 Å².